The number of carbonyl (C=O) groups is 10. The zero-order valence-electron chi connectivity index (χ0n) is 59.9. The summed E-state index contributed by atoms with van der Waals surface area (Å²) >= 11 is 0. The van der Waals surface area contributed by atoms with Gasteiger partial charge >= 0.3 is 12.2 Å². The Labute approximate surface area is 588 Å². The van der Waals surface area contributed by atoms with E-state index in [-0.39, 0.29) is 92.7 Å². The molecule has 540 valence electrons. The second kappa shape index (κ2) is 31.0. The molecule has 0 aromatic heterocycles. The number of ether oxygens (including phenoxy) is 4. The van der Waals surface area contributed by atoms with Crippen LogP contribution in [0.25, 0.3) is 0 Å². The number of carbonyl (C=O) groups excluding carboxylic acids is 10. The van der Waals surface area contributed by atoms with Gasteiger partial charge < -0.3 is 54.1 Å². The molecule has 5 heterocycles. The smallest absolute Gasteiger partial charge is 0.410 e. The van der Waals surface area contributed by atoms with Crippen molar-refractivity contribution in [2.75, 3.05) is 96.0 Å². The average Bonchev–Trinajstić information content (AvgIpc) is 1.45. The topological polar surface area (TPSA) is 263 Å². The predicted molar refractivity (Wildman–Crippen MR) is 375 cm³/mol. The van der Waals surface area contributed by atoms with Crippen molar-refractivity contribution in [2.24, 2.45) is 17.3 Å². The first-order valence-corrected chi connectivity index (χ1v) is 36.7. The van der Waals surface area contributed by atoms with Crippen LogP contribution < -0.4 is 20.9 Å². The molecule has 5 aliphatic heterocycles. The molecule has 2 aromatic carbocycles. The Hall–Kier alpha value is -8.10. The summed E-state index contributed by atoms with van der Waals surface area (Å²) < 4.78 is 23.9. The van der Waals surface area contributed by atoms with Crippen LogP contribution in [0.3, 0.4) is 0 Å². The van der Waals surface area contributed by atoms with Crippen LogP contribution in [0.15, 0.2) is 65.3 Å². The summed E-state index contributed by atoms with van der Waals surface area (Å²) in [6.45, 7) is 15.9. The van der Waals surface area contributed by atoms with Gasteiger partial charge in [-0.2, -0.15) is 0 Å². The highest BCUT2D eigenvalue weighted by molar-refractivity contribution is 6.25. The van der Waals surface area contributed by atoms with Crippen LogP contribution in [-0.4, -0.2) is 205 Å². The van der Waals surface area contributed by atoms with Crippen LogP contribution in [0, 0.1) is 29.1 Å². The van der Waals surface area contributed by atoms with Gasteiger partial charge in [0.15, 0.2) is 5.78 Å². The van der Waals surface area contributed by atoms with Crippen LogP contribution >= 0.6 is 0 Å². The molecule has 4 aliphatic carbocycles. The van der Waals surface area contributed by atoms with Crippen LogP contribution in [-0.2, 0) is 47.7 Å². The number of piperidine rings is 1. The highest BCUT2D eigenvalue weighted by Gasteiger charge is 2.71. The number of imide groups is 2. The molecule has 23 heteroatoms. The van der Waals surface area contributed by atoms with Crippen molar-refractivity contribution in [1.82, 2.24) is 35.1 Å². The molecule has 2 aromatic rings. The van der Waals surface area contributed by atoms with E-state index in [4.69, 9.17) is 18.9 Å². The first kappa shape index (κ1) is 73.1. The van der Waals surface area contributed by atoms with Gasteiger partial charge in [-0.15, -0.1) is 5.92 Å². The number of allylic oxidation sites excluding steroid dienone is 4. The molecule has 8 atom stereocenters. The normalized spacial score (nSPS) is 25.7. The summed E-state index contributed by atoms with van der Waals surface area (Å²) in [6.07, 6.45) is 14.6. The molecule has 9 aliphatic rings. The summed E-state index contributed by atoms with van der Waals surface area (Å²) in [5.41, 5.74) is 5.42. The Balaban J connectivity index is 0.654. The largest absolute Gasteiger partial charge is 0.444 e. The van der Waals surface area contributed by atoms with E-state index in [1.54, 1.807) is 64.6 Å². The quantitative estimate of drug-likeness (QED) is 0.0502. The second-order valence-electron chi connectivity index (χ2n) is 30.7. The molecule has 0 radical (unpaired) electrons. The number of rotatable bonds is 24. The highest BCUT2D eigenvalue weighted by Crippen LogP contribution is 2.71. The van der Waals surface area contributed by atoms with E-state index in [9.17, 15) is 43.2 Å². The minimum absolute atomic E-state index is 0.00250. The minimum Gasteiger partial charge on any atom is -0.444 e. The standard InChI is InChI=1S/C77H103N9O14/c1-9-34-77-35-33-58-55-29-25-51-45-53(87)28-30-54(51)65(55)57(46-76(58,77)49-98-77)50-23-26-52(27-24-50)81(8)38-19-22-64(89)84-41-39-83(73(96)100-75(5,6)7)48-62(84)70(93)85-42-40-82(72(95)99-74(2,3)4)47-61(85)67(90)79-37-15-11-13-17-44-97-43-16-12-10-14-36-78-59-21-18-20-56-66(59)71(94)86(69(56)92)60-31-32-63(88)80-68(60)91/h18,20-21,23-24,26-27,45,55,57-58,60-62,78H,10-17,19,22,25,28-33,35-44,46-49H2,1-8H3,(H,79,90)(H,80,88,91)/t55-,57+,58-,60?,61?,62?,76+,77-/m0/s1. The number of hydrogen-bond donors (Lipinski definition) is 3. The zero-order valence-corrected chi connectivity index (χ0v) is 59.9. The Morgan fingerprint density at radius 2 is 1.40 bits per heavy atom. The molecule has 11 rings (SSSR count). The lowest BCUT2D eigenvalue weighted by molar-refractivity contribution is -0.245. The van der Waals surface area contributed by atoms with E-state index in [0.717, 1.165) is 101 Å². The van der Waals surface area contributed by atoms with Gasteiger partial charge in [-0.1, -0.05) is 55.4 Å². The van der Waals surface area contributed by atoms with Crippen LogP contribution in [0.4, 0.5) is 21.0 Å². The lowest BCUT2D eigenvalue weighted by atomic mass is 9.49. The van der Waals surface area contributed by atoms with Gasteiger partial charge in [-0.25, -0.2) is 9.59 Å². The molecule has 2 saturated carbocycles. The highest BCUT2D eigenvalue weighted by atomic mass is 16.6. The molecule has 6 fully saturated rings. The number of amides is 9. The van der Waals surface area contributed by atoms with Crippen LogP contribution in [0.2, 0.25) is 0 Å². The Kier molecular flexibility index (Phi) is 22.7. The van der Waals surface area contributed by atoms with Gasteiger partial charge in [0.2, 0.25) is 29.5 Å². The van der Waals surface area contributed by atoms with E-state index in [0.29, 0.717) is 69.6 Å². The Morgan fingerprint density at radius 3 is 2.06 bits per heavy atom. The van der Waals surface area contributed by atoms with E-state index >= 15 is 4.79 Å². The van der Waals surface area contributed by atoms with Crippen molar-refractivity contribution in [3.63, 3.8) is 0 Å². The number of nitrogens with one attached hydrogen (secondary N) is 3. The number of unbranched alkanes of at least 4 members (excludes halogenated alkanes) is 6. The number of ketones is 1. The number of hydrogen-bond acceptors (Lipinski definition) is 16. The summed E-state index contributed by atoms with van der Waals surface area (Å²) in [5.74, 6) is 4.82. The Bertz CT molecular complexity index is 3620. The van der Waals surface area contributed by atoms with E-state index < -0.39 is 82.6 Å². The fraction of sp³-hybridized carbons (Fsp3) is 0.636. The van der Waals surface area contributed by atoms with Gasteiger partial charge in [0.05, 0.1) is 30.8 Å². The molecule has 3 unspecified atom stereocenters. The Morgan fingerprint density at radius 1 is 0.730 bits per heavy atom. The SMILES string of the molecule is CC#C[C@]12CC[C@H]3[C@@H]4CCC5=CC(=O)CCC5=C4[C@@H](c4ccc(N(C)CCCC(=O)N5CCN(C(=O)OC(C)(C)C)CC5C(=O)N5CCN(C(=O)OC(C)(C)C)CC5C(=O)NCCCCCCOCCCCCCNc5cccc6c5C(=O)N(C5CCC(=O)NC5=O)C6=O)cc4)C[C@@]31CO2. The van der Waals surface area contributed by atoms with E-state index in [2.05, 4.69) is 57.0 Å². The number of nitrogens with zero attached hydrogens (tertiary/aromatic N) is 6. The first-order chi connectivity index (χ1) is 47.8. The molecule has 4 saturated heterocycles. The summed E-state index contributed by atoms with van der Waals surface area (Å²) in [7, 11) is 2.02. The fourth-order valence-corrected chi connectivity index (χ4v) is 17.0. The van der Waals surface area contributed by atoms with Crippen molar-refractivity contribution in [1.29, 1.82) is 0 Å². The van der Waals surface area contributed by atoms with Crippen LogP contribution in [0.1, 0.15) is 203 Å². The van der Waals surface area contributed by atoms with E-state index in [1.165, 1.54) is 37.0 Å². The average molecular weight is 1380 g/mol. The zero-order chi connectivity index (χ0) is 71.3. The number of fused-ring (bicyclic) bond motifs is 4. The monoisotopic (exact) mass is 1380 g/mol. The lowest BCUT2D eigenvalue weighted by Gasteiger charge is -2.61. The first-order valence-electron chi connectivity index (χ1n) is 36.7. The summed E-state index contributed by atoms with van der Waals surface area (Å²) in [4.78, 5) is 144. The number of anilines is 2. The third-order valence-corrected chi connectivity index (χ3v) is 21.9. The third kappa shape index (κ3) is 15.8. The lowest BCUT2D eigenvalue weighted by Crippen LogP contribution is -2.68. The maximum absolute atomic E-state index is 15.3. The van der Waals surface area contributed by atoms with Gasteiger partial charge in [-0.3, -0.25) is 48.6 Å². The van der Waals surface area contributed by atoms with Gasteiger partial charge in [0, 0.05) is 108 Å². The summed E-state index contributed by atoms with van der Waals surface area (Å²) in [5, 5.41) is 8.56. The molecular formula is C77H103N9O14. The molecule has 0 bridgehead atoms. The fourth-order valence-electron chi connectivity index (χ4n) is 17.0. The third-order valence-electron chi connectivity index (χ3n) is 21.9. The van der Waals surface area contributed by atoms with Crippen molar-refractivity contribution >= 4 is 70.7 Å². The van der Waals surface area contributed by atoms with Crippen molar-refractivity contribution in [3.8, 4) is 11.8 Å². The molecule has 1 spiro atoms. The maximum Gasteiger partial charge on any atom is 0.410 e. The molecule has 100 heavy (non-hydrogen) atoms. The molecule has 23 nitrogen and oxygen atoms in total. The molecule has 9 amide bonds. The number of benzene rings is 2. The second-order valence-corrected chi connectivity index (χ2v) is 30.7. The van der Waals surface area contributed by atoms with Gasteiger partial charge in [0.25, 0.3) is 11.8 Å². The molecular weight excluding hydrogens is 1270 g/mol. The van der Waals surface area contributed by atoms with Crippen molar-refractivity contribution < 1.29 is 66.9 Å². The van der Waals surface area contributed by atoms with Crippen molar-refractivity contribution in [2.45, 2.75) is 211 Å². The maximum atomic E-state index is 15.3. The predicted octanol–water partition coefficient (Wildman–Crippen LogP) is 9.24. The van der Waals surface area contributed by atoms with Gasteiger partial charge in [0.1, 0.15) is 34.9 Å². The van der Waals surface area contributed by atoms with E-state index in [1.807, 2.05) is 20.0 Å². The van der Waals surface area contributed by atoms with Crippen LogP contribution in [0.5, 0.6) is 0 Å². The summed E-state index contributed by atoms with van der Waals surface area (Å²) in [6, 6.07) is 10.6. The minimum atomic E-state index is -1.13. The molecule has 3 N–H and O–H groups in total. The number of piperazine rings is 2. The van der Waals surface area contributed by atoms with Crippen molar-refractivity contribution in [3.05, 3.63) is 82.0 Å². The van der Waals surface area contributed by atoms with Gasteiger partial charge in [-0.05, 0) is 184 Å².